The van der Waals surface area contributed by atoms with Crippen molar-refractivity contribution in [3.8, 4) is 5.75 Å². The van der Waals surface area contributed by atoms with Gasteiger partial charge in [0, 0.05) is 36.9 Å². The van der Waals surface area contributed by atoms with Crippen LogP contribution in [0.4, 0.5) is 10.1 Å². The van der Waals surface area contributed by atoms with Gasteiger partial charge in [0.2, 0.25) is 0 Å². The molecule has 46 heavy (non-hydrogen) atoms. The van der Waals surface area contributed by atoms with E-state index in [0.717, 1.165) is 36.8 Å². The Morgan fingerprint density at radius 2 is 2.04 bits per heavy atom. The SMILES string of the molecule is COC(=O)c1cc(F)c2nc(CN3CCN(c4cccc5c4P[C@@](C)(c4ccc(Cl)cn4)O5)[C@@H]4COC[C@@H]43)n(C[C@@H]3CCO3)c2c1. The summed E-state index contributed by atoms with van der Waals surface area (Å²) in [5.41, 5.74) is 3.01. The molecule has 3 saturated heterocycles. The number of esters is 1. The quantitative estimate of drug-likeness (QED) is 0.210. The Bertz CT molecular complexity index is 1820. The Kier molecular flexibility index (Phi) is 7.65. The van der Waals surface area contributed by atoms with Gasteiger partial charge in [-0.25, -0.2) is 14.2 Å². The first kappa shape index (κ1) is 30.0. The van der Waals surface area contributed by atoms with Crippen molar-refractivity contribution in [1.82, 2.24) is 19.4 Å². The van der Waals surface area contributed by atoms with Crippen molar-refractivity contribution in [2.45, 2.75) is 50.0 Å². The van der Waals surface area contributed by atoms with Gasteiger partial charge in [0.1, 0.15) is 17.1 Å². The van der Waals surface area contributed by atoms with Crippen LogP contribution in [0.3, 0.4) is 0 Å². The minimum atomic E-state index is -0.583. The number of piperazine rings is 1. The number of rotatable bonds is 7. The summed E-state index contributed by atoms with van der Waals surface area (Å²) in [6.45, 7) is 6.61. The van der Waals surface area contributed by atoms with E-state index in [2.05, 4.69) is 33.8 Å². The van der Waals surface area contributed by atoms with E-state index < -0.39 is 17.1 Å². The molecule has 0 aliphatic carbocycles. The third-order valence-electron chi connectivity index (χ3n) is 9.56. The summed E-state index contributed by atoms with van der Waals surface area (Å²) in [5.74, 6) is 0.502. The molecule has 0 amide bonds. The highest BCUT2D eigenvalue weighted by Gasteiger charge is 2.45. The van der Waals surface area contributed by atoms with Crippen molar-refractivity contribution >= 4 is 48.2 Å². The van der Waals surface area contributed by atoms with Gasteiger partial charge in [0.05, 0.1) is 73.4 Å². The van der Waals surface area contributed by atoms with Gasteiger partial charge in [0.15, 0.2) is 11.2 Å². The van der Waals surface area contributed by atoms with Crippen molar-refractivity contribution in [3.05, 3.63) is 76.6 Å². The van der Waals surface area contributed by atoms with Crippen LogP contribution in [0.1, 0.15) is 35.2 Å². The van der Waals surface area contributed by atoms with Gasteiger partial charge >= 0.3 is 5.97 Å². The van der Waals surface area contributed by atoms with E-state index in [-0.39, 0.29) is 29.3 Å². The van der Waals surface area contributed by atoms with Crippen molar-refractivity contribution < 1.29 is 28.1 Å². The monoisotopic (exact) mass is 665 g/mol. The van der Waals surface area contributed by atoms with E-state index >= 15 is 4.39 Å². The number of imidazole rings is 1. The van der Waals surface area contributed by atoms with Gasteiger partial charge in [-0.3, -0.25) is 9.88 Å². The van der Waals surface area contributed by atoms with Gasteiger partial charge in [-0.1, -0.05) is 17.7 Å². The molecule has 3 fully saturated rings. The summed E-state index contributed by atoms with van der Waals surface area (Å²) in [5, 5.41) is 1.22. The molecule has 10 nitrogen and oxygen atoms in total. The molecule has 13 heteroatoms. The Morgan fingerprint density at radius 1 is 1.20 bits per heavy atom. The highest BCUT2D eigenvalue weighted by molar-refractivity contribution is 7.49. The molecule has 2 aromatic heterocycles. The largest absolute Gasteiger partial charge is 0.476 e. The molecule has 0 spiro atoms. The Labute approximate surface area is 272 Å². The van der Waals surface area contributed by atoms with E-state index in [0.29, 0.717) is 52.0 Å². The first-order chi connectivity index (χ1) is 22.3. The second-order valence-corrected chi connectivity index (χ2v) is 14.5. The van der Waals surface area contributed by atoms with E-state index in [1.807, 2.05) is 22.8 Å². The number of aromatic nitrogens is 3. The normalized spacial score (nSPS) is 26.2. The second-order valence-electron chi connectivity index (χ2n) is 12.3. The number of carbonyl (C=O) groups excluding carboxylic acids is 1. The lowest BCUT2D eigenvalue weighted by molar-refractivity contribution is -0.0592. The molecule has 4 aromatic rings. The number of nitrogens with zero attached hydrogens (tertiary/aromatic N) is 5. The lowest BCUT2D eigenvalue weighted by Crippen LogP contribution is -2.59. The van der Waals surface area contributed by atoms with E-state index in [1.165, 1.54) is 24.2 Å². The first-order valence-electron chi connectivity index (χ1n) is 15.5. The number of carbonyl (C=O) groups is 1. The second kappa shape index (κ2) is 11.7. The molecule has 8 rings (SSSR count). The fourth-order valence-corrected chi connectivity index (χ4v) is 8.71. The molecule has 240 valence electrons. The number of methoxy groups -OCH3 is 1. The standard InChI is InChI=1S/C33H34ClFN5O5P/c1-33(28-7-6-20(34)14-36-28)45-27-5-3-4-23(31(27)46-33)39-10-9-38(25-17-43-18-26(25)39)16-29-37-30-22(35)12-19(32(41)42-2)13-24(30)40(29)15-21-8-11-44-21/h3-7,12-14,21,25-26,46H,8-11,15-18H2,1-2H3/t21-,25-,26+,33-/m0/s1. The zero-order valence-electron chi connectivity index (χ0n) is 25.5. The smallest absolute Gasteiger partial charge is 0.338 e. The molecule has 5 atom stereocenters. The summed E-state index contributed by atoms with van der Waals surface area (Å²) in [6, 6.07) is 13.2. The molecule has 0 saturated carbocycles. The van der Waals surface area contributed by atoms with Crippen LogP contribution < -0.4 is 14.9 Å². The van der Waals surface area contributed by atoms with Gasteiger partial charge in [-0.15, -0.1) is 0 Å². The van der Waals surface area contributed by atoms with Crippen LogP contribution in [0, 0.1) is 5.82 Å². The predicted molar refractivity (Wildman–Crippen MR) is 173 cm³/mol. The first-order valence-corrected chi connectivity index (χ1v) is 16.9. The number of fused-ring (bicyclic) bond motifs is 3. The van der Waals surface area contributed by atoms with Crippen LogP contribution in [-0.2, 0) is 32.6 Å². The van der Waals surface area contributed by atoms with Crippen LogP contribution in [0.25, 0.3) is 11.0 Å². The van der Waals surface area contributed by atoms with Crippen LogP contribution in [0.5, 0.6) is 5.75 Å². The number of benzene rings is 2. The summed E-state index contributed by atoms with van der Waals surface area (Å²) in [4.78, 5) is 26.5. The van der Waals surface area contributed by atoms with Crippen LogP contribution >= 0.6 is 20.2 Å². The molecular formula is C33H34ClFN5O5P. The summed E-state index contributed by atoms with van der Waals surface area (Å²) in [7, 11) is 1.66. The number of hydrogen-bond acceptors (Lipinski definition) is 9. The van der Waals surface area contributed by atoms with Crippen molar-refractivity contribution in [2.75, 3.05) is 44.9 Å². The Morgan fingerprint density at radius 3 is 2.80 bits per heavy atom. The minimum absolute atomic E-state index is 0.0254. The third-order valence-corrected chi connectivity index (χ3v) is 11.4. The number of ether oxygens (including phenoxy) is 4. The van der Waals surface area contributed by atoms with Crippen molar-refractivity contribution in [1.29, 1.82) is 0 Å². The summed E-state index contributed by atoms with van der Waals surface area (Å²) in [6.07, 6.45) is 2.62. The predicted octanol–water partition coefficient (Wildman–Crippen LogP) is 4.46. The molecule has 6 heterocycles. The topological polar surface area (TPSA) is 91.2 Å². The highest BCUT2D eigenvalue weighted by atomic mass is 35.5. The lowest BCUT2D eigenvalue weighted by Gasteiger charge is -2.45. The van der Waals surface area contributed by atoms with Crippen LogP contribution in [-0.4, -0.2) is 83.6 Å². The van der Waals surface area contributed by atoms with Gasteiger partial charge in [-0.05, 0) is 58.3 Å². The molecule has 0 N–H and O–H groups in total. The number of pyridine rings is 1. The number of anilines is 1. The zero-order valence-corrected chi connectivity index (χ0v) is 27.3. The Balaban J connectivity index is 1.08. The average Bonchev–Trinajstić information content (AvgIpc) is 3.75. The van der Waals surface area contributed by atoms with Gasteiger partial charge < -0.3 is 28.4 Å². The molecule has 4 aliphatic rings. The molecule has 0 radical (unpaired) electrons. The van der Waals surface area contributed by atoms with Gasteiger partial charge in [0.25, 0.3) is 0 Å². The molecular weight excluding hydrogens is 632 g/mol. The molecule has 0 bridgehead atoms. The maximum absolute atomic E-state index is 15.3. The molecule has 1 unspecified atom stereocenters. The highest BCUT2D eigenvalue weighted by Crippen LogP contribution is 2.51. The van der Waals surface area contributed by atoms with Crippen LogP contribution in [0.2, 0.25) is 5.02 Å². The van der Waals surface area contributed by atoms with Crippen molar-refractivity contribution in [2.24, 2.45) is 0 Å². The summed E-state index contributed by atoms with van der Waals surface area (Å²) >= 11 is 6.12. The van der Waals surface area contributed by atoms with Crippen LogP contribution in [0.15, 0.2) is 48.7 Å². The fraction of sp³-hybridized carbons (Fsp3) is 0.424. The maximum Gasteiger partial charge on any atom is 0.338 e. The third kappa shape index (κ3) is 5.13. The molecule has 2 aromatic carbocycles. The van der Waals surface area contributed by atoms with Gasteiger partial charge in [-0.2, -0.15) is 0 Å². The number of halogens is 2. The average molecular weight is 666 g/mol. The maximum atomic E-state index is 15.3. The minimum Gasteiger partial charge on any atom is -0.476 e. The zero-order chi connectivity index (χ0) is 31.6. The van der Waals surface area contributed by atoms with E-state index in [4.69, 9.17) is 35.5 Å². The Hall–Kier alpha value is -3.34. The summed E-state index contributed by atoms with van der Waals surface area (Å²) < 4.78 is 40.6. The number of hydrogen-bond donors (Lipinski definition) is 0. The fourth-order valence-electron chi connectivity index (χ4n) is 7.07. The van der Waals surface area contributed by atoms with E-state index in [9.17, 15) is 4.79 Å². The van der Waals surface area contributed by atoms with Crippen molar-refractivity contribution in [3.63, 3.8) is 0 Å². The lowest BCUT2D eigenvalue weighted by atomic mass is 10.0. The van der Waals surface area contributed by atoms with E-state index in [1.54, 1.807) is 12.3 Å². The molecule has 4 aliphatic heterocycles.